The number of carbonyl (C=O) groups excluding carboxylic acids is 1. The van der Waals surface area contributed by atoms with Crippen molar-refractivity contribution in [2.75, 3.05) is 13.2 Å². The number of Topliss-reactive ketones (excluding diaryl/α,β-unsaturated/α-hetero) is 1. The van der Waals surface area contributed by atoms with Crippen LogP contribution >= 0.6 is 0 Å². The number of nitrogens with one attached hydrogen (secondary N) is 1. The summed E-state index contributed by atoms with van der Waals surface area (Å²) < 4.78 is 18.2. The average molecular weight is 337 g/mol. The molecule has 0 aromatic heterocycles. The van der Waals surface area contributed by atoms with E-state index in [1.807, 2.05) is 12.2 Å². The van der Waals surface area contributed by atoms with E-state index < -0.39 is 48.5 Å². The molecule has 0 spiro atoms. The zero-order valence-corrected chi connectivity index (χ0v) is 14.1. The van der Waals surface area contributed by atoms with Gasteiger partial charge in [-0.15, -0.1) is 0 Å². The standard InChI is InChI=1S/C15H28FNO6/c1-5-6-12(20)23-15(4,11(19)9-17-13(21)22)14(2,3)7-10(18)8-16/h10,12,17-18,20H,5-9H2,1-4H3,(H,21,22)/t10-,12?,15-/m0/s1. The van der Waals surface area contributed by atoms with Crippen molar-refractivity contribution < 1.29 is 34.0 Å². The highest BCUT2D eigenvalue weighted by atomic mass is 19.1. The van der Waals surface area contributed by atoms with Crippen LogP contribution in [0.4, 0.5) is 9.18 Å². The van der Waals surface area contributed by atoms with Gasteiger partial charge in [-0.05, 0) is 19.8 Å². The van der Waals surface area contributed by atoms with Crippen molar-refractivity contribution in [1.82, 2.24) is 5.32 Å². The van der Waals surface area contributed by atoms with Gasteiger partial charge in [-0.25, -0.2) is 9.18 Å². The number of aliphatic hydroxyl groups excluding tert-OH is 2. The first-order valence-corrected chi connectivity index (χ1v) is 7.60. The summed E-state index contributed by atoms with van der Waals surface area (Å²) in [5.41, 5.74) is -2.63. The quantitative estimate of drug-likeness (QED) is 0.424. The summed E-state index contributed by atoms with van der Waals surface area (Å²) in [6, 6.07) is 0. The van der Waals surface area contributed by atoms with Gasteiger partial charge in [-0.1, -0.05) is 27.2 Å². The van der Waals surface area contributed by atoms with Crippen molar-refractivity contribution in [2.24, 2.45) is 5.41 Å². The van der Waals surface area contributed by atoms with Gasteiger partial charge in [0, 0.05) is 5.41 Å². The third-order valence-corrected chi connectivity index (χ3v) is 4.06. The monoisotopic (exact) mass is 337 g/mol. The summed E-state index contributed by atoms with van der Waals surface area (Å²) in [5, 5.41) is 30.1. The second kappa shape index (κ2) is 9.14. The Morgan fingerprint density at radius 2 is 1.83 bits per heavy atom. The predicted octanol–water partition coefficient (Wildman–Crippen LogP) is 1.46. The van der Waals surface area contributed by atoms with Crippen LogP contribution in [0.5, 0.6) is 0 Å². The van der Waals surface area contributed by atoms with Crippen molar-refractivity contribution in [3.63, 3.8) is 0 Å². The molecule has 0 saturated heterocycles. The molecule has 8 heteroatoms. The Hall–Kier alpha value is -1.25. The van der Waals surface area contributed by atoms with Crippen LogP contribution in [0.15, 0.2) is 0 Å². The van der Waals surface area contributed by atoms with Crippen molar-refractivity contribution >= 4 is 11.9 Å². The van der Waals surface area contributed by atoms with Crippen LogP contribution in [-0.2, 0) is 9.53 Å². The van der Waals surface area contributed by atoms with Crippen LogP contribution in [0.1, 0.15) is 47.0 Å². The topological polar surface area (TPSA) is 116 Å². The third-order valence-electron chi connectivity index (χ3n) is 4.06. The van der Waals surface area contributed by atoms with Gasteiger partial charge in [0.05, 0.1) is 12.6 Å². The minimum atomic E-state index is -1.60. The maximum atomic E-state index is 12.6. The molecule has 0 radical (unpaired) electrons. The number of amides is 1. The fourth-order valence-corrected chi connectivity index (χ4v) is 2.34. The lowest BCUT2D eigenvalue weighted by atomic mass is 9.69. The van der Waals surface area contributed by atoms with Gasteiger partial charge in [0.2, 0.25) is 0 Å². The minimum absolute atomic E-state index is 0.0857. The van der Waals surface area contributed by atoms with Crippen molar-refractivity contribution in [3.05, 3.63) is 0 Å². The highest BCUT2D eigenvalue weighted by molar-refractivity contribution is 5.91. The lowest BCUT2D eigenvalue weighted by molar-refractivity contribution is -0.221. The summed E-state index contributed by atoms with van der Waals surface area (Å²) in [7, 11) is 0. The summed E-state index contributed by atoms with van der Waals surface area (Å²) in [5.74, 6) is -0.605. The van der Waals surface area contributed by atoms with E-state index in [1.165, 1.54) is 6.92 Å². The van der Waals surface area contributed by atoms with Gasteiger partial charge in [0.25, 0.3) is 0 Å². The van der Waals surface area contributed by atoms with Crippen LogP contribution in [0.25, 0.3) is 0 Å². The molecule has 0 aromatic carbocycles. The molecule has 3 atom stereocenters. The highest BCUT2D eigenvalue weighted by Gasteiger charge is 2.49. The largest absolute Gasteiger partial charge is 0.465 e. The molecule has 0 aromatic rings. The Morgan fingerprint density at radius 1 is 1.26 bits per heavy atom. The number of ether oxygens (including phenoxy) is 1. The lowest BCUT2D eigenvalue weighted by Gasteiger charge is -2.44. The minimum Gasteiger partial charge on any atom is -0.465 e. The van der Waals surface area contributed by atoms with E-state index in [1.54, 1.807) is 13.8 Å². The van der Waals surface area contributed by atoms with Crippen LogP contribution in [-0.4, -0.2) is 58.4 Å². The molecule has 0 heterocycles. The van der Waals surface area contributed by atoms with E-state index in [0.717, 1.165) is 0 Å². The van der Waals surface area contributed by atoms with Crippen LogP contribution in [0, 0.1) is 5.41 Å². The molecule has 0 saturated carbocycles. The molecular formula is C15H28FNO6. The molecule has 0 fully saturated rings. The number of hydrogen-bond donors (Lipinski definition) is 4. The Labute approximate surface area is 135 Å². The normalized spacial score (nSPS) is 17.2. The van der Waals surface area contributed by atoms with Gasteiger partial charge in [0.15, 0.2) is 12.1 Å². The smallest absolute Gasteiger partial charge is 0.405 e. The summed E-state index contributed by atoms with van der Waals surface area (Å²) in [6.45, 7) is 4.96. The Kier molecular flexibility index (Phi) is 8.65. The lowest BCUT2D eigenvalue weighted by Crippen LogP contribution is -2.56. The molecule has 0 aliphatic rings. The van der Waals surface area contributed by atoms with Crippen LogP contribution in [0.3, 0.4) is 0 Å². The van der Waals surface area contributed by atoms with E-state index in [0.29, 0.717) is 6.42 Å². The molecular weight excluding hydrogens is 309 g/mol. The molecule has 4 N–H and O–H groups in total. The zero-order valence-electron chi connectivity index (χ0n) is 14.1. The first-order valence-electron chi connectivity index (χ1n) is 7.60. The molecule has 1 unspecified atom stereocenters. The second-order valence-corrected chi connectivity index (χ2v) is 6.37. The number of aliphatic hydroxyl groups is 2. The number of hydrogen-bond acceptors (Lipinski definition) is 5. The second-order valence-electron chi connectivity index (χ2n) is 6.37. The highest BCUT2D eigenvalue weighted by Crippen LogP contribution is 2.40. The molecule has 23 heavy (non-hydrogen) atoms. The van der Waals surface area contributed by atoms with Gasteiger partial charge in [-0.3, -0.25) is 4.79 Å². The molecule has 1 amide bonds. The van der Waals surface area contributed by atoms with E-state index in [-0.39, 0.29) is 12.8 Å². The molecule has 0 bridgehead atoms. The molecule has 0 aliphatic carbocycles. The van der Waals surface area contributed by atoms with E-state index in [2.05, 4.69) is 0 Å². The van der Waals surface area contributed by atoms with E-state index >= 15 is 0 Å². The molecule has 7 nitrogen and oxygen atoms in total. The fraction of sp³-hybridized carbons (Fsp3) is 0.867. The van der Waals surface area contributed by atoms with Crippen molar-refractivity contribution in [2.45, 2.75) is 65.0 Å². The summed E-state index contributed by atoms with van der Waals surface area (Å²) in [4.78, 5) is 23.1. The Balaban J connectivity index is 5.40. The summed E-state index contributed by atoms with van der Waals surface area (Å²) >= 11 is 0. The zero-order chi connectivity index (χ0) is 18.3. The first kappa shape index (κ1) is 21.8. The van der Waals surface area contributed by atoms with Crippen molar-refractivity contribution in [3.8, 4) is 0 Å². The van der Waals surface area contributed by atoms with Gasteiger partial charge < -0.3 is 25.4 Å². The molecule has 0 rings (SSSR count). The number of carbonyl (C=O) groups is 2. The average Bonchev–Trinajstić information content (AvgIpc) is 2.43. The summed E-state index contributed by atoms with van der Waals surface area (Å²) in [6.07, 6.45) is -3.05. The van der Waals surface area contributed by atoms with E-state index in [9.17, 15) is 24.2 Å². The van der Waals surface area contributed by atoms with Gasteiger partial charge in [0.1, 0.15) is 12.3 Å². The predicted molar refractivity (Wildman–Crippen MR) is 81.8 cm³/mol. The number of ketones is 1. The number of rotatable bonds is 11. The first-order chi connectivity index (χ1) is 10.5. The fourth-order valence-electron chi connectivity index (χ4n) is 2.34. The SMILES string of the molecule is CCCC(O)O[C@@](C)(C(=O)CNC(=O)O)C(C)(C)C[C@H](O)CF. The van der Waals surface area contributed by atoms with E-state index in [4.69, 9.17) is 9.84 Å². The number of carboxylic acid groups (broad SMARTS) is 1. The molecule has 0 aliphatic heterocycles. The van der Waals surface area contributed by atoms with Crippen molar-refractivity contribution in [1.29, 1.82) is 0 Å². The van der Waals surface area contributed by atoms with Crippen LogP contribution in [0.2, 0.25) is 0 Å². The molecule has 136 valence electrons. The maximum absolute atomic E-state index is 12.6. The Morgan fingerprint density at radius 3 is 2.26 bits per heavy atom. The third kappa shape index (κ3) is 6.40. The van der Waals surface area contributed by atoms with Gasteiger partial charge in [-0.2, -0.15) is 0 Å². The Bertz CT molecular complexity index is 403. The van der Waals surface area contributed by atoms with Crippen LogP contribution < -0.4 is 5.32 Å². The number of halogens is 1. The number of alkyl halides is 1. The van der Waals surface area contributed by atoms with Gasteiger partial charge >= 0.3 is 6.09 Å². The maximum Gasteiger partial charge on any atom is 0.405 e.